The van der Waals surface area contributed by atoms with E-state index in [-0.39, 0.29) is 5.97 Å². The van der Waals surface area contributed by atoms with Gasteiger partial charge < -0.3 is 15.5 Å². The molecule has 8 heteroatoms. The number of para-hydroxylation sites is 2. The average molecular weight is 396 g/mol. The van der Waals surface area contributed by atoms with Crippen LogP contribution in [0.5, 0.6) is 0 Å². The summed E-state index contributed by atoms with van der Waals surface area (Å²) in [6, 6.07) is 14.8. The molecule has 2 heterocycles. The molecule has 0 amide bonds. The van der Waals surface area contributed by atoms with Gasteiger partial charge in [-0.2, -0.15) is 0 Å². The van der Waals surface area contributed by atoms with Gasteiger partial charge in [0.2, 0.25) is 0 Å². The molecule has 27 heavy (non-hydrogen) atoms. The lowest BCUT2D eigenvalue weighted by molar-refractivity contribution is 0.0526. The number of aromatic nitrogens is 3. The van der Waals surface area contributed by atoms with Crippen molar-refractivity contribution in [1.29, 1.82) is 0 Å². The summed E-state index contributed by atoms with van der Waals surface area (Å²) < 4.78 is 7.39. The third-order valence-electron chi connectivity index (χ3n) is 4.09. The molecule has 0 saturated carbocycles. The molecule has 4 aromatic rings. The van der Waals surface area contributed by atoms with E-state index in [0.717, 1.165) is 21.6 Å². The van der Waals surface area contributed by atoms with E-state index < -0.39 is 0 Å². The van der Waals surface area contributed by atoms with Crippen molar-refractivity contribution in [2.24, 2.45) is 0 Å². The number of ether oxygens (including phenoxy) is 1. The first-order valence-corrected chi connectivity index (χ1v) is 9.55. The third kappa shape index (κ3) is 3.13. The maximum absolute atomic E-state index is 11.8. The minimum absolute atomic E-state index is 0.337. The smallest absolute Gasteiger partial charge is 0.338 e. The van der Waals surface area contributed by atoms with E-state index >= 15 is 0 Å². The highest BCUT2D eigenvalue weighted by Gasteiger charge is 2.17. The molecule has 0 radical (unpaired) electrons. The minimum atomic E-state index is -0.353. The number of fused-ring (bicyclic) bond motifs is 1. The van der Waals surface area contributed by atoms with Gasteiger partial charge in [0.15, 0.2) is 9.78 Å². The van der Waals surface area contributed by atoms with Crippen molar-refractivity contribution >= 4 is 46.4 Å². The monoisotopic (exact) mass is 396 g/mol. The van der Waals surface area contributed by atoms with Crippen molar-refractivity contribution in [2.45, 2.75) is 6.92 Å². The number of anilines is 1. The lowest BCUT2D eigenvalue weighted by atomic mass is 10.2. The first-order valence-electron chi connectivity index (χ1n) is 8.32. The van der Waals surface area contributed by atoms with Gasteiger partial charge in [-0.25, -0.2) is 9.78 Å². The number of carbonyl (C=O) groups excluding carboxylic acids is 1. The Kier molecular flexibility index (Phi) is 4.51. The van der Waals surface area contributed by atoms with Gasteiger partial charge in [-0.3, -0.25) is 4.57 Å². The Balaban J connectivity index is 1.75. The van der Waals surface area contributed by atoms with Crippen LogP contribution in [0.25, 0.3) is 27.4 Å². The summed E-state index contributed by atoms with van der Waals surface area (Å²) in [5.41, 5.74) is 9.47. The van der Waals surface area contributed by atoms with Crippen LogP contribution in [0, 0.1) is 3.95 Å². The summed E-state index contributed by atoms with van der Waals surface area (Å²) in [5.74, 6) is 0.841. The lowest BCUT2D eigenvalue weighted by Crippen LogP contribution is -2.05. The number of carbonyl (C=O) groups is 1. The minimum Gasteiger partial charge on any atom is -0.462 e. The molecule has 4 rings (SSSR count). The van der Waals surface area contributed by atoms with Gasteiger partial charge in [-0.05, 0) is 55.5 Å². The fourth-order valence-electron chi connectivity index (χ4n) is 2.82. The van der Waals surface area contributed by atoms with Crippen LogP contribution in [0.1, 0.15) is 17.3 Å². The van der Waals surface area contributed by atoms with Crippen LogP contribution >= 0.6 is 23.6 Å². The topological polar surface area (TPSA) is 85.9 Å². The number of nitrogens with two attached hydrogens (primary N) is 1. The number of hydrogen-bond acceptors (Lipinski definition) is 6. The van der Waals surface area contributed by atoms with Crippen molar-refractivity contribution in [3.63, 3.8) is 0 Å². The van der Waals surface area contributed by atoms with E-state index in [1.54, 1.807) is 35.8 Å². The van der Waals surface area contributed by atoms with Crippen LogP contribution in [-0.4, -0.2) is 27.1 Å². The van der Waals surface area contributed by atoms with Crippen LogP contribution < -0.4 is 5.73 Å². The van der Waals surface area contributed by atoms with Crippen LogP contribution in [0.3, 0.4) is 0 Å². The van der Waals surface area contributed by atoms with Crippen LogP contribution in [0.2, 0.25) is 0 Å². The Bertz CT molecular complexity index is 1160. The number of nitrogen functional groups attached to an aromatic ring is 1. The first kappa shape index (κ1) is 17.4. The Morgan fingerprint density at radius 3 is 2.70 bits per heavy atom. The highest BCUT2D eigenvalue weighted by atomic mass is 32.1. The highest BCUT2D eigenvalue weighted by molar-refractivity contribution is 7.73. The number of hydrogen-bond donors (Lipinski definition) is 2. The standard InChI is InChI=1S/C19H16N4O2S2/c1-2-25-18(24)11-7-9-12(10-8-11)23-16(20)15(27-19(23)26)17-21-13-5-3-4-6-14(13)22-17/h3-10H,2,20H2,1H3,(H,21,22). The number of aromatic amines is 1. The second-order valence-corrected chi connectivity index (χ2v) is 7.43. The quantitative estimate of drug-likeness (QED) is 0.390. The van der Waals surface area contributed by atoms with E-state index in [0.29, 0.717) is 27.8 Å². The predicted molar refractivity (Wildman–Crippen MR) is 110 cm³/mol. The van der Waals surface area contributed by atoms with Crippen molar-refractivity contribution in [2.75, 3.05) is 12.3 Å². The van der Waals surface area contributed by atoms with Gasteiger partial charge in [-0.15, -0.1) is 0 Å². The number of benzene rings is 2. The van der Waals surface area contributed by atoms with Gasteiger partial charge >= 0.3 is 5.97 Å². The number of H-pyrrole nitrogens is 1. The molecule has 0 saturated heterocycles. The molecule has 0 atom stereocenters. The molecule has 0 fully saturated rings. The van der Waals surface area contributed by atoms with E-state index in [1.165, 1.54) is 11.3 Å². The largest absolute Gasteiger partial charge is 0.462 e. The van der Waals surface area contributed by atoms with Gasteiger partial charge in [0.25, 0.3) is 0 Å². The highest BCUT2D eigenvalue weighted by Crippen LogP contribution is 2.34. The molecule has 2 aromatic heterocycles. The van der Waals surface area contributed by atoms with Gasteiger partial charge in [0.1, 0.15) is 10.7 Å². The molecule has 0 unspecified atom stereocenters. The summed E-state index contributed by atoms with van der Waals surface area (Å²) in [4.78, 5) is 20.5. The maximum atomic E-state index is 11.8. The van der Waals surface area contributed by atoms with Crippen LogP contribution in [-0.2, 0) is 4.74 Å². The Labute approximate surface area is 164 Å². The number of imidazole rings is 1. The molecule has 0 aliphatic carbocycles. The van der Waals surface area contributed by atoms with Crippen molar-refractivity contribution in [1.82, 2.24) is 14.5 Å². The van der Waals surface area contributed by atoms with Crippen molar-refractivity contribution < 1.29 is 9.53 Å². The van der Waals surface area contributed by atoms with E-state index in [9.17, 15) is 4.79 Å². The fraction of sp³-hybridized carbons (Fsp3) is 0.105. The van der Waals surface area contributed by atoms with Gasteiger partial charge in [0, 0.05) is 5.69 Å². The van der Waals surface area contributed by atoms with E-state index in [4.69, 9.17) is 22.7 Å². The molecular formula is C19H16N4O2S2. The molecule has 6 nitrogen and oxygen atoms in total. The molecule has 3 N–H and O–H groups in total. The molecule has 0 spiro atoms. The SMILES string of the molecule is CCOC(=O)c1ccc(-n2c(N)c(-c3nc4ccccc4[nH]3)sc2=S)cc1. The number of nitrogens with one attached hydrogen (secondary N) is 1. The van der Waals surface area contributed by atoms with Crippen LogP contribution in [0.15, 0.2) is 48.5 Å². The zero-order chi connectivity index (χ0) is 19.0. The predicted octanol–water partition coefficient (Wildman–Crippen LogP) is 4.57. The van der Waals surface area contributed by atoms with E-state index in [1.807, 2.05) is 24.3 Å². The summed E-state index contributed by atoms with van der Waals surface area (Å²) in [5, 5.41) is 0. The van der Waals surface area contributed by atoms with Gasteiger partial charge in [-0.1, -0.05) is 23.5 Å². The number of thiazole rings is 1. The first-order chi connectivity index (χ1) is 13.1. The number of esters is 1. The van der Waals surface area contributed by atoms with Crippen molar-refractivity contribution in [3.05, 3.63) is 58.0 Å². The lowest BCUT2D eigenvalue weighted by Gasteiger charge is -2.07. The van der Waals surface area contributed by atoms with Crippen molar-refractivity contribution in [3.8, 4) is 16.4 Å². The second-order valence-electron chi connectivity index (χ2n) is 5.79. The Hall–Kier alpha value is -2.97. The Morgan fingerprint density at radius 2 is 2.00 bits per heavy atom. The zero-order valence-corrected chi connectivity index (χ0v) is 16.1. The Morgan fingerprint density at radius 1 is 1.26 bits per heavy atom. The summed E-state index contributed by atoms with van der Waals surface area (Å²) >= 11 is 6.91. The van der Waals surface area contributed by atoms with E-state index in [2.05, 4.69) is 9.97 Å². The number of nitrogens with zero attached hydrogens (tertiary/aromatic N) is 2. The normalized spacial score (nSPS) is 11.0. The van der Waals surface area contributed by atoms with Crippen LogP contribution in [0.4, 0.5) is 5.82 Å². The molecule has 0 aliphatic heterocycles. The maximum Gasteiger partial charge on any atom is 0.338 e. The average Bonchev–Trinajstić information content (AvgIpc) is 3.22. The molecule has 0 aliphatic rings. The summed E-state index contributed by atoms with van der Waals surface area (Å²) in [7, 11) is 0. The molecule has 0 bridgehead atoms. The molecule has 136 valence electrons. The van der Waals surface area contributed by atoms with Gasteiger partial charge in [0.05, 0.1) is 23.2 Å². The molecular weight excluding hydrogens is 380 g/mol. The molecule has 2 aromatic carbocycles. The third-order valence-corrected chi connectivity index (χ3v) is 5.48. The second kappa shape index (κ2) is 6.98. The number of rotatable bonds is 4. The summed E-state index contributed by atoms with van der Waals surface area (Å²) in [6.45, 7) is 2.11. The zero-order valence-electron chi connectivity index (χ0n) is 14.4. The summed E-state index contributed by atoms with van der Waals surface area (Å²) in [6.07, 6.45) is 0. The fourth-order valence-corrected chi connectivity index (χ4v) is 4.13.